The van der Waals surface area contributed by atoms with Crippen LogP contribution >= 0.6 is 0 Å². The standard InChI is InChI=1S/C14H18N4O4/c1-9-3-10(22-17-9)4-14(19)16-12-7-20-8-13(12)21-11-5-15-18(2)6-11/h3,5-6,12-13H,4,7-8H2,1-2H3,(H,16,19)/t12-,13+/m0/s1. The highest BCUT2D eigenvalue weighted by molar-refractivity contribution is 5.78. The number of aromatic nitrogens is 3. The van der Waals surface area contributed by atoms with Gasteiger partial charge in [0.15, 0.2) is 5.75 Å². The molecule has 0 aliphatic carbocycles. The Morgan fingerprint density at radius 2 is 2.41 bits per heavy atom. The molecule has 1 fully saturated rings. The number of hydrogen-bond donors (Lipinski definition) is 1. The van der Waals surface area contributed by atoms with Crippen LogP contribution < -0.4 is 10.1 Å². The number of nitrogens with zero attached hydrogens (tertiary/aromatic N) is 3. The highest BCUT2D eigenvalue weighted by Crippen LogP contribution is 2.16. The largest absolute Gasteiger partial charge is 0.482 e. The molecule has 8 nitrogen and oxygen atoms in total. The number of ether oxygens (including phenoxy) is 2. The molecular weight excluding hydrogens is 288 g/mol. The van der Waals surface area contributed by atoms with Gasteiger partial charge in [-0.1, -0.05) is 5.16 Å². The molecule has 2 aromatic rings. The third-order valence-electron chi connectivity index (χ3n) is 3.35. The Labute approximate surface area is 127 Å². The molecule has 0 bridgehead atoms. The van der Waals surface area contributed by atoms with Gasteiger partial charge in [-0.15, -0.1) is 0 Å². The van der Waals surface area contributed by atoms with E-state index in [0.717, 1.165) is 5.69 Å². The molecule has 1 N–H and O–H groups in total. The molecule has 118 valence electrons. The highest BCUT2D eigenvalue weighted by Gasteiger charge is 2.31. The second-order valence-corrected chi connectivity index (χ2v) is 5.33. The Morgan fingerprint density at radius 1 is 1.55 bits per heavy atom. The average molecular weight is 306 g/mol. The molecule has 0 spiro atoms. The number of rotatable bonds is 5. The lowest BCUT2D eigenvalue weighted by molar-refractivity contribution is -0.121. The third-order valence-corrected chi connectivity index (χ3v) is 3.35. The van der Waals surface area contributed by atoms with Crippen molar-refractivity contribution in [2.75, 3.05) is 13.2 Å². The van der Waals surface area contributed by atoms with Crippen molar-refractivity contribution in [3.63, 3.8) is 0 Å². The van der Waals surface area contributed by atoms with Gasteiger partial charge in [0.2, 0.25) is 5.91 Å². The van der Waals surface area contributed by atoms with Crippen molar-refractivity contribution in [1.82, 2.24) is 20.3 Å². The number of amides is 1. The van der Waals surface area contributed by atoms with E-state index in [9.17, 15) is 4.79 Å². The summed E-state index contributed by atoms with van der Waals surface area (Å²) in [6, 6.07) is 1.55. The smallest absolute Gasteiger partial charge is 0.228 e. The maximum atomic E-state index is 12.1. The minimum absolute atomic E-state index is 0.147. The molecule has 2 atom stereocenters. The lowest BCUT2D eigenvalue weighted by atomic mass is 10.2. The second-order valence-electron chi connectivity index (χ2n) is 5.33. The van der Waals surface area contributed by atoms with Crippen LogP contribution in [0.2, 0.25) is 0 Å². The van der Waals surface area contributed by atoms with Gasteiger partial charge >= 0.3 is 0 Å². The van der Waals surface area contributed by atoms with E-state index in [-0.39, 0.29) is 24.5 Å². The fourth-order valence-electron chi connectivity index (χ4n) is 2.34. The van der Waals surface area contributed by atoms with Crippen LogP contribution in [0.4, 0.5) is 0 Å². The third kappa shape index (κ3) is 3.45. The normalized spacial score (nSPS) is 21.0. The van der Waals surface area contributed by atoms with E-state index >= 15 is 0 Å². The second kappa shape index (κ2) is 6.18. The fraction of sp³-hybridized carbons (Fsp3) is 0.500. The molecule has 22 heavy (non-hydrogen) atoms. The van der Waals surface area contributed by atoms with Gasteiger partial charge < -0.3 is 19.3 Å². The number of carbonyl (C=O) groups excluding carboxylic acids is 1. The molecule has 3 rings (SSSR count). The van der Waals surface area contributed by atoms with Gasteiger partial charge in [-0.25, -0.2) is 0 Å². The monoisotopic (exact) mass is 306 g/mol. The maximum Gasteiger partial charge on any atom is 0.228 e. The minimum atomic E-state index is -0.232. The highest BCUT2D eigenvalue weighted by atomic mass is 16.5. The lowest BCUT2D eigenvalue weighted by Gasteiger charge is -2.19. The van der Waals surface area contributed by atoms with Gasteiger partial charge in [0, 0.05) is 13.1 Å². The predicted molar refractivity (Wildman–Crippen MR) is 75.3 cm³/mol. The summed E-state index contributed by atoms with van der Waals surface area (Å²) < 4.78 is 17.9. The molecule has 0 unspecified atom stereocenters. The molecule has 1 aliphatic heterocycles. The Kier molecular flexibility index (Phi) is 4.10. The molecule has 0 radical (unpaired) electrons. The zero-order chi connectivity index (χ0) is 15.5. The van der Waals surface area contributed by atoms with E-state index in [2.05, 4.69) is 15.6 Å². The lowest BCUT2D eigenvalue weighted by Crippen LogP contribution is -2.45. The maximum absolute atomic E-state index is 12.1. The van der Waals surface area contributed by atoms with Crippen LogP contribution in [0.1, 0.15) is 11.5 Å². The Hall–Kier alpha value is -2.35. The summed E-state index contributed by atoms with van der Waals surface area (Å²) in [6.45, 7) is 2.67. The molecular formula is C14H18N4O4. The summed E-state index contributed by atoms with van der Waals surface area (Å²) in [4.78, 5) is 12.1. The van der Waals surface area contributed by atoms with Crippen molar-refractivity contribution in [1.29, 1.82) is 0 Å². The zero-order valence-corrected chi connectivity index (χ0v) is 12.5. The number of aryl methyl sites for hydroxylation is 2. The van der Waals surface area contributed by atoms with Crippen LogP contribution in [0.3, 0.4) is 0 Å². The van der Waals surface area contributed by atoms with Crippen LogP contribution in [0.25, 0.3) is 0 Å². The molecule has 1 aliphatic rings. The van der Waals surface area contributed by atoms with Crippen LogP contribution in [-0.4, -0.2) is 46.2 Å². The van der Waals surface area contributed by atoms with Crippen molar-refractivity contribution in [3.8, 4) is 5.75 Å². The van der Waals surface area contributed by atoms with E-state index in [1.54, 1.807) is 23.1 Å². The first-order chi connectivity index (χ1) is 10.6. The minimum Gasteiger partial charge on any atom is -0.482 e. The number of carbonyl (C=O) groups is 1. The van der Waals surface area contributed by atoms with Gasteiger partial charge in [0.05, 0.1) is 43.8 Å². The molecule has 1 amide bonds. The van der Waals surface area contributed by atoms with E-state index < -0.39 is 0 Å². The van der Waals surface area contributed by atoms with Gasteiger partial charge in [-0.05, 0) is 6.92 Å². The van der Waals surface area contributed by atoms with Gasteiger partial charge in [-0.3, -0.25) is 9.48 Å². The quantitative estimate of drug-likeness (QED) is 0.850. The summed E-state index contributed by atoms with van der Waals surface area (Å²) in [5.74, 6) is 1.05. The summed E-state index contributed by atoms with van der Waals surface area (Å²) in [6.07, 6.45) is 3.32. The van der Waals surface area contributed by atoms with Crippen LogP contribution in [0.5, 0.6) is 5.75 Å². The molecule has 8 heteroatoms. The van der Waals surface area contributed by atoms with E-state index in [4.69, 9.17) is 14.0 Å². The summed E-state index contributed by atoms with van der Waals surface area (Å²) in [7, 11) is 1.82. The van der Waals surface area contributed by atoms with Crippen LogP contribution in [-0.2, 0) is 23.0 Å². The van der Waals surface area contributed by atoms with Crippen LogP contribution in [0.15, 0.2) is 23.0 Å². The zero-order valence-electron chi connectivity index (χ0n) is 12.5. The SMILES string of the molecule is Cc1cc(CC(=O)N[C@H]2COC[C@H]2Oc2cnn(C)c2)on1. The predicted octanol–water partition coefficient (Wildman–Crippen LogP) is 0.222. The summed E-state index contributed by atoms with van der Waals surface area (Å²) >= 11 is 0. The fourth-order valence-corrected chi connectivity index (χ4v) is 2.34. The van der Waals surface area contributed by atoms with Gasteiger partial charge in [0.1, 0.15) is 11.9 Å². The molecule has 3 heterocycles. The van der Waals surface area contributed by atoms with Crippen molar-refractivity contribution in [3.05, 3.63) is 29.9 Å². The molecule has 1 saturated heterocycles. The van der Waals surface area contributed by atoms with Crippen molar-refractivity contribution in [2.45, 2.75) is 25.5 Å². The molecule has 2 aromatic heterocycles. The van der Waals surface area contributed by atoms with Crippen molar-refractivity contribution >= 4 is 5.91 Å². The number of hydrogen-bond acceptors (Lipinski definition) is 6. The van der Waals surface area contributed by atoms with E-state index in [0.29, 0.717) is 24.7 Å². The van der Waals surface area contributed by atoms with E-state index in [1.807, 2.05) is 14.0 Å². The Bertz CT molecular complexity index is 651. The van der Waals surface area contributed by atoms with Crippen LogP contribution in [0, 0.1) is 6.92 Å². The van der Waals surface area contributed by atoms with Gasteiger partial charge in [-0.2, -0.15) is 5.10 Å². The summed E-state index contributed by atoms with van der Waals surface area (Å²) in [5.41, 5.74) is 0.754. The van der Waals surface area contributed by atoms with Crippen molar-refractivity contribution in [2.24, 2.45) is 7.05 Å². The number of nitrogens with one attached hydrogen (secondary N) is 1. The first kappa shape index (κ1) is 14.6. The Balaban J connectivity index is 1.55. The Morgan fingerprint density at radius 3 is 3.09 bits per heavy atom. The summed E-state index contributed by atoms with van der Waals surface area (Å²) in [5, 5.41) is 10.7. The first-order valence-corrected chi connectivity index (χ1v) is 7.05. The topological polar surface area (TPSA) is 91.4 Å². The van der Waals surface area contributed by atoms with E-state index in [1.165, 1.54) is 0 Å². The first-order valence-electron chi connectivity index (χ1n) is 7.05. The molecule has 0 saturated carbocycles. The molecule has 0 aromatic carbocycles. The average Bonchev–Trinajstić information content (AvgIpc) is 3.15. The van der Waals surface area contributed by atoms with Crippen molar-refractivity contribution < 1.29 is 18.8 Å². The van der Waals surface area contributed by atoms with Gasteiger partial charge in [0.25, 0.3) is 0 Å².